The lowest BCUT2D eigenvalue weighted by atomic mass is 10.0. The average molecular weight is 189 g/mol. The van der Waals surface area contributed by atoms with Crippen LogP contribution in [0.5, 0.6) is 0 Å². The largest absolute Gasteiger partial charge is 0.328 e. The van der Waals surface area contributed by atoms with Crippen molar-refractivity contribution in [2.75, 3.05) is 0 Å². The smallest absolute Gasteiger partial charge is 0.100 e. The predicted octanol–water partition coefficient (Wildman–Crippen LogP) is 3.28. The van der Waals surface area contributed by atoms with Crippen LogP contribution in [0.3, 0.4) is 0 Å². The fourth-order valence-corrected chi connectivity index (χ4v) is 1.26. The second-order valence-electron chi connectivity index (χ2n) is 4.31. The minimum Gasteiger partial charge on any atom is -0.328 e. The van der Waals surface area contributed by atoms with Gasteiger partial charge in [-0.05, 0) is 38.0 Å². The molecule has 0 aromatic heterocycles. The molecule has 0 aromatic rings. The summed E-state index contributed by atoms with van der Waals surface area (Å²) in [5, 5.41) is 0. The summed E-state index contributed by atoms with van der Waals surface area (Å²) in [5.74, 6) is 0.609. The molecule has 2 N–H and O–H groups in total. The molecule has 2 unspecified atom stereocenters. The summed E-state index contributed by atoms with van der Waals surface area (Å²) in [5.41, 5.74) is 5.71. The Bertz CT molecular complexity index is 115. The van der Waals surface area contributed by atoms with E-state index in [1.54, 1.807) is 0 Å². The van der Waals surface area contributed by atoms with E-state index in [-0.39, 0.29) is 6.04 Å². The molecule has 0 aliphatic rings. The lowest BCUT2D eigenvalue weighted by Crippen LogP contribution is -2.20. The molecule has 13 heavy (non-hydrogen) atoms. The van der Waals surface area contributed by atoms with E-state index in [2.05, 4.69) is 13.8 Å². The highest BCUT2D eigenvalue weighted by Crippen LogP contribution is 2.14. The topological polar surface area (TPSA) is 26.0 Å². The maximum absolute atomic E-state index is 13.2. The Morgan fingerprint density at radius 2 is 1.62 bits per heavy atom. The third kappa shape index (κ3) is 8.23. The van der Waals surface area contributed by atoms with Gasteiger partial charge in [-0.15, -0.1) is 0 Å². The quantitative estimate of drug-likeness (QED) is 0.653. The van der Waals surface area contributed by atoms with Gasteiger partial charge in [0, 0.05) is 6.04 Å². The van der Waals surface area contributed by atoms with Gasteiger partial charge >= 0.3 is 0 Å². The van der Waals surface area contributed by atoms with Crippen molar-refractivity contribution in [2.45, 2.75) is 65.1 Å². The molecule has 0 aliphatic carbocycles. The maximum Gasteiger partial charge on any atom is 0.100 e. The monoisotopic (exact) mass is 189 g/mol. The summed E-state index contributed by atoms with van der Waals surface area (Å²) in [4.78, 5) is 0. The first-order valence-electron chi connectivity index (χ1n) is 5.45. The molecule has 0 amide bonds. The van der Waals surface area contributed by atoms with Crippen LogP contribution in [0.4, 0.5) is 4.39 Å². The molecular formula is C11H24FN. The Labute approximate surface area is 81.9 Å². The molecule has 80 valence electrons. The molecule has 0 aromatic carbocycles. The first-order valence-corrected chi connectivity index (χ1v) is 5.45. The molecule has 0 aliphatic heterocycles. The third-order valence-electron chi connectivity index (χ3n) is 2.43. The lowest BCUT2D eigenvalue weighted by Gasteiger charge is -2.12. The third-order valence-corrected chi connectivity index (χ3v) is 2.43. The number of alkyl halides is 1. The highest BCUT2D eigenvalue weighted by molar-refractivity contribution is 4.64. The van der Waals surface area contributed by atoms with Gasteiger partial charge in [0.1, 0.15) is 6.17 Å². The predicted molar refractivity (Wildman–Crippen MR) is 56.5 cm³/mol. The van der Waals surface area contributed by atoms with Crippen molar-refractivity contribution in [3.63, 3.8) is 0 Å². The van der Waals surface area contributed by atoms with E-state index >= 15 is 0 Å². The zero-order valence-electron chi connectivity index (χ0n) is 9.22. The molecule has 2 atom stereocenters. The molecular weight excluding hydrogens is 165 g/mol. The lowest BCUT2D eigenvalue weighted by molar-refractivity contribution is 0.267. The van der Waals surface area contributed by atoms with E-state index in [1.807, 2.05) is 6.92 Å². The molecule has 1 nitrogen and oxygen atoms in total. The van der Waals surface area contributed by atoms with Crippen LogP contribution in [0, 0.1) is 5.92 Å². The zero-order chi connectivity index (χ0) is 10.3. The average Bonchev–Trinajstić information content (AvgIpc) is 2.10. The van der Waals surface area contributed by atoms with Crippen molar-refractivity contribution >= 4 is 0 Å². The first kappa shape index (κ1) is 12.9. The van der Waals surface area contributed by atoms with E-state index < -0.39 is 6.17 Å². The van der Waals surface area contributed by atoms with Gasteiger partial charge in [-0.3, -0.25) is 0 Å². The van der Waals surface area contributed by atoms with Crippen LogP contribution in [-0.4, -0.2) is 12.2 Å². The fourth-order valence-electron chi connectivity index (χ4n) is 1.26. The maximum atomic E-state index is 13.2. The molecule has 0 saturated carbocycles. The van der Waals surface area contributed by atoms with Crippen LogP contribution >= 0.6 is 0 Å². The second-order valence-corrected chi connectivity index (χ2v) is 4.31. The van der Waals surface area contributed by atoms with Crippen molar-refractivity contribution in [3.8, 4) is 0 Å². The molecule has 0 fully saturated rings. The van der Waals surface area contributed by atoms with Crippen molar-refractivity contribution in [1.82, 2.24) is 0 Å². The molecule has 2 heteroatoms. The Hall–Kier alpha value is -0.110. The SMILES string of the molecule is CCC(N)CCC(F)CCC(C)C. The summed E-state index contributed by atoms with van der Waals surface area (Å²) < 4.78 is 13.2. The molecule has 0 saturated heterocycles. The minimum atomic E-state index is -0.639. The highest BCUT2D eigenvalue weighted by Gasteiger charge is 2.09. The summed E-state index contributed by atoms with van der Waals surface area (Å²) >= 11 is 0. The Morgan fingerprint density at radius 1 is 1.08 bits per heavy atom. The van der Waals surface area contributed by atoms with Crippen LogP contribution < -0.4 is 5.73 Å². The fraction of sp³-hybridized carbons (Fsp3) is 1.00. The Balaban J connectivity index is 3.34. The van der Waals surface area contributed by atoms with E-state index in [1.165, 1.54) is 0 Å². The van der Waals surface area contributed by atoms with Crippen LogP contribution in [0.2, 0.25) is 0 Å². The Morgan fingerprint density at radius 3 is 2.08 bits per heavy atom. The normalized spacial score (nSPS) is 16.2. The van der Waals surface area contributed by atoms with Crippen molar-refractivity contribution in [2.24, 2.45) is 11.7 Å². The second kappa shape index (κ2) is 7.31. The van der Waals surface area contributed by atoms with Crippen LogP contribution in [0.25, 0.3) is 0 Å². The summed E-state index contributed by atoms with van der Waals surface area (Å²) in [7, 11) is 0. The van der Waals surface area contributed by atoms with Gasteiger partial charge in [0.15, 0.2) is 0 Å². The van der Waals surface area contributed by atoms with Gasteiger partial charge in [-0.1, -0.05) is 20.8 Å². The zero-order valence-corrected chi connectivity index (χ0v) is 9.22. The van der Waals surface area contributed by atoms with Gasteiger partial charge in [0.2, 0.25) is 0 Å². The Kier molecular flexibility index (Phi) is 7.25. The van der Waals surface area contributed by atoms with Crippen molar-refractivity contribution in [1.29, 1.82) is 0 Å². The molecule has 0 heterocycles. The van der Waals surface area contributed by atoms with Gasteiger partial charge in [-0.2, -0.15) is 0 Å². The first-order chi connectivity index (χ1) is 6.06. The highest BCUT2D eigenvalue weighted by atomic mass is 19.1. The van der Waals surface area contributed by atoms with Gasteiger partial charge < -0.3 is 5.73 Å². The van der Waals surface area contributed by atoms with Gasteiger partial charge in [-0.25, -0.2) is 4.39 Å². The number of nitrogens with two attached hydrogens (primary N) is 1. The summed E-state index contributed by atoms with van der Waals surface area (Å²) in [6.45, 7) is 6.31. The standard InChI is InChI=1S/C11H24FN/c1-4-11(13)8-7-10(12)6-5-9(2)3/h9-11H,4-8,13H2,1-3H3. The summed E-state index contributed by atoms with van der Waals surface area (Å²) in [6, 6.07) is 0.192. The van der Waals surface area contributed by atoms with Gasteiger partial charge in [0.25, 0.3) is 0 Å². The molecule has 0 spiro atoms. The van der Waals surface area contributed by atoms with Crippen LogP contribution in [0.15, 0.2) is 0 Å². The summed E-state index contributed by atoms with van der Waals surface area (Å²) in [6.07, 6.45) is 3.48. The van der Waals surface area contributed by atoms with Crippen LogP contribution in [0.1, 0.15) is 52.9 Å². The van der Waals surface area contributed by atoms with Crippen molar-refractivity contribution < 1.29 is 4.39 Å². The van der Waals surface area contributed by atoms with E-state index in [4.69, 9.17) is 5.73 Å². The van der Waals surface area contributed by atoms with Crippen molar-refractivity contribution in [3.05, 3.63) is 0 Å². The molecule has 0 radical (unpaired) electrons. The molecule has 0 bridgehead atoms. The molecule has 0 rings (SSSR count). The van der Waals surface area contributed by atoms with E-state index in [0.717, 1.165) is 19.3 Å². The number of rotatable bonds is 7. The van der Waals surface area contributed by atoms with Crippen LogP contribution in [-0.2, 0) is 0 Å². The van der Waals surface area contributed by atoms with Gasteiger partial charge in [0.05, 0.1) is 0 Å². The number of halogens is 1. The number of hydrogen-bond acceptors (Lipinski definition) is 1. The number of hydrogen-bond donors (Lipinski definition) is 1. The minimum absolute atomic E-state index is 0.192. The van der Waals surface area contributed by atoms with E-state index in [0.29, 0.717) is 18.8 Å². The van der Waals surface area contributed by atoms with E-state index in [9.17, 15) is 4.39 Å².